The van der Waals surface area contributed by atoms with Crippen LogP contribution in [0.4, 0.5) is 0 Å². The van der Waals surface area contributed by atoms with Crippen LogP contribution >= 0.6 is 0 Å². The first kappa shape index (κ1) is 24.9. The zero-order valence-electron chi connectivity index (χ0n) is 23.2. The fourth-order valence-corrected chi connectivity index (χ4v) is 5.52. The molecule has 43 heavy (non-hydrogen) atoms. The zero-order chi connectivity index (χ0) is 28.6. The SMILES string of the molecule is c1ccc(-c2ccc(-c3ccc4c(c3)oc3ccc(-c5nc(-c6ccccc6)nc(-c6ccccc6)n5)cc34)cc2)cc1. The van der Waals surface area contributed by atoms with E-state index in [1.165, 1.54) is 11.1 Å². The maximum atomic E-state index is 6.33. The third-order valence-electron chi connectivity index (χ3n) is 7.75. The Morgan fingerprint density at radius 2 is 0.744 bits per heavy atom. The second kappa shape index (κ2) is 10.5. The molecule has 202 valence electrons. The van der Waals surface area contributed by atoms with Gasteiger partial charge >= 0.3 is 0 Å². The lowest BCUT2D eigenvalue weighted by molar-refractivity contribution is 0.669. The summed E-state index contributed by atoms with van der Waals surface area (Å²) < 4.78 is 6.33. The largest absolute Gasteiger partial charge is 0.456 e. The van der Waals surface area contributed by atoms with Crippen molar-refractivity contribution >= 4 is 21.9 Å². The van der Waals surface area contributed by atoms with Gasteiger partial charge in [-0.3, -0.25) is 0 Å². The summed E-state index contributed by atoms with van der Waals surface area (Å²) >= 11 is 0. The summed E-state index contributed by atoms with van der Waals surface area (Å²) in [5, 5.41) is 2.09. The highest BCUT2D eigenvalue weighted by molar-refractivity contribution is 6.07. The Labute approximate surface area is 249 Å². The van der Waals surface area contributed by atoms with Gasteiger partial charge in [0.1, 0.15) is 11.2 Å². The molecule has 0 spiro atoms. The number of benzene rings is 6. The molecule has 0 saturated heterocycles. The van der Waals surface area contributed by atoms with Crippen LogP contribution in [-0.2, 0) is 0 Å². The van der Waals surface area contributed by atoms with Crippen LogP contribution in [0.1, 0.15) is 0 Å². The molecule has 0 aliphatic heterocycles. The van der Waals surface area contributed by atoms with E-state index < -0.39 is 0 Å². The fraction of sp³-hybridized carbons (Fsp3) is 0. The minimum absolute atomic E-state index is 0.624. The molecule has 0 amide bonds. The third-order valence-corrected chi connectivity index (χ3v) is 7.75. The van der Waals surface area contributed by atoms with Crippen LogP contribution in [0.25, 0.3) is 78.4 Å². The summed E-state index contributed by atoms with van der Waals surface area (Å²) in [6.07, 6.45) is 0. The highest BCUT2D eigenvalue weighted by atomic mass is 16.3. The van der Waals surface area contributed by atoms with Gasteiger partial charge in [0.05, 0.1) is 0 Å². The fourth-order valence-electron chi connectivity index (χ4n) is 5.52. The van der Waals surface area contributed by atoms with Crippen molar-refractivity contribution < 1.29 is 4.42 Å². The molecule has 8 aromatic rings. The Morgan fingerprint density at radius 3 is 1.33 bits per heavy atom. The summed E-state index contributed by atoms with van der Waals surface area (Å²) in [6.45, 7) is 0. The van der Waals surface area contributed by atoms with Gasteiger partial charge in [-0.15, -0.1) is 0 Å². The van der Waals surface area contributed by atoms with Gasteiger partial charge in [-0.1, -0.05) is 121 Å². The van der Waals surface area contributed by atoms with Gasteiger partial charge in [0.2, 0.25) is 0 Å². The first-order valence-corrected chi connectivity index (χ1v) is 14.3. The van der Waals surface area contributed by atoms with Gasteiger partial charge in [-0.25, -0.2) is 15.0 Å². The highest BCUT2D eigenvalue weighted by Crippen LogP contribution is 2.35. The zero-order valence-corrected chi connectivity index (χ0v) is 23.2. The topological polar surface area (TPSA) is 51.8 Å². The Balaban J connectivity index is 1.19. The summed E-state index contributed by atoms with van der Waals surface area (Å²) in [7, 11) is 0. The van der Waals surface area contributed by atoms with E-state index in [9.17, 15) is 0 Å². The number of furan rings is 1. The molecule has 6 aromatic carbocycles. The van der Waals surface area contributed by atoms with Gasteiger partial charge < -0.3 is 4.42 Å². The number of nitrogens with zero attached hydrogens (tertiary/aromatic N) is 3. The van der Waals surface area contributed by atoms with Crippen molar-refractivity contribution in [1.29, 1.82) is 0 Å². The predicted octanol–water partition coefficient (Wildman–Crippen LogP) is 10.1. The number of rotatable bonds is 5. The molecule has 4 nitrogen and oxygen atoms in total. The van der Waals surface area contributed by atoms with Gasteiger partial charge in [0, 0.05) is 27.5 Å². The standard InChI is InChI=1S/C39H25N3O/c1-4-10-26(11-5-1)27-16-18-28(19-17-27)31-20-22-33-34-24-32(21-23-35(34)43-36(33)25-31)39-41-37(29-12-6-2-7-13-29)40-38(42-39)30-14-8-3-9-15-30/h1-25H. The predicted molar refractivity (Wildman–Crippen MR) is 174 cm³/mol. The maximum Gasteiger partial charge on any atom is 0.164 e. The van der Waals surface area contributed by atoms with Crippen LogP contribution < -0.4 is 0 Å². The van der Waals surface area contributed by atoms with Crippen molar-refractivity contribution in [3.05, 3.63) is 152 Å². The van der Waals surface area contributed by atoms with Crippen molar-refractivity contribution in [2.45, 2.75) is 0 Å². The molecule has 2 heterocycles. The molecule has 0 saturated carbocycles. The molecule has 0 atom stereocenters. The summed E-state index contributed by atoms with van der Waals surface area (Å²) in [4.78, 5) is 14.6. The Bertz CT molecular complexity index is 2150. The molecule has 8 rings (SSSR count). The van der Waals surface area contributed by atoms with Crippen molar-refractivity contribution in [2.75, 3.05) is 0 Å². The molecule has 0 aliphatic carbocycles. The van der Waals surface area contributed by atoms with Gasteiger partial charge in [-0.05, 0) is 52.6 Å². The lowest BCUT2D eigenvalue weighted by Gasteiger charge is -2.08. The molecular weight excluding hydrogens is 526 g/mol. The Kier molecular flexibility index (Phi) is 6.08. The van der Waals surface area contributed by atoms with E-state index >= 15 is 0 Å². The lowest BCUT2D eigenvalue weighted by Crippen LogP contribution is -2.00. The average Bonchev–Trinajstić information content (AvgIpc) is 3.46. The van der Waals surface area contributed by atoms with E-state index in [1.54, 1.807) is 0 Å². The second-order valence-electron chi connectivity index (χ2n) is 10.5. The molecule has 0 radical (unpaired) electrons. The summed E-state index contributed by atoms with van der Waals surface area (Å²) in [5.74, 6) is 1.91. The van der Waals surface area contributed by atoms with Gasteiger partial charge in [0.25, 0.3) is 0 Å². The first-order chi connectivity index (χ1) is 21.3. The minimum Gasteiger partial charge on any atom is -0.456 e. The Morgan fingerprint density at radius 1 is 0.302 bits per heavy atom. The number of aromatic nitrogens is 3. The van der Waals surface area contributed by atoms with E-state index in [0.717, 1.165) is 49.8 Å². The molecule has 4 heteroatoms. The molecule has 0 bridgehead atoms. The lowest BCUT2D eigenvalue weighted by atomic mass is 9.99. The normalized spacial score (nSPS) is 11.3. The van der Waals surface area contributed by atoms with Crippen LogP contribution in [0.2, 0.25) is 0 Å². The van der Waals surface area contributed by atoms with Gasteiger partial charge in [-0.2, -0.15) is 0 Å². The van der Waals surface area contributed by atoms with Crippen LogP contribution in [-0.4, -0.2) is 15.0 Å². The Hall–Kier alpha value is -5.87. The molecule has 0 aliphatic rings. The van der Waals surface area contributed by atoms with Crippen molar-refractivity contribution in [2.24, 2.45) is 0 Å². The monoisotopic (exact) mass is 551 g/mol. The minimum atomic E-state index is 0.624. The van der Waals surface area contributed by atoms with Crippen molar-refractivity contribution in [3.8, 4) is 56.4 Å². The van der Waals surface area contributed by atoms with Gasteiger partial charge in [0.15, 0.2) is 17.5 Å². The molecule has 0 fully saturated rings. The van der Waals surface area contributed by atoms with E-state index in [-0.39, 0.29) is 0 Å². The first-order valence-electron chi connectivity index (χ1n) is 14.3. The van der Waals surface area contributed by atoms with Crippen LogP contribution in [0.5, 0.6) is 0 Å². The van der Waals surface area contributed by atoms with E-state index in [4.69, 9.17) is 19.4 Å². The average molecular weight is 552 g/mol. The molecular formula is C39H25N3O. The van der Waals surface area contributed by atoms with Crippen molar-refractivity contribution in [3.63, 3.8) is 0 Å². The molecule has 0 N–H and O–H groups in total. The van der Waals surface area contributed by atoms with Crippen molar-refractivity contribution in [1.82, 2.24) is 15.0 Å². The van der Waals surface area contributed by atoms with Crippen LogP contribution in [0.3, 0.4) is 0 Å². The third kappa shape index (κ3) is 4.75. The van der Waals surface area contributed by atoms with E-state index in [1.807, 2.05) is 78.9 Å². The second-order valence-corrected chi connectivity index (χ2v) is 10.5. The highest BCUT2D eigenvalue weighted by Gasteiger charge is 2.15. The summed E-state index contributed by atoms with van der Waals surface area (Å²) in [6, 6.07) is 51.7. The van der Waals surface area contributed by atoms with E-state index in [2.05, 4.69) is 72.8 Å². The van der Waals surface area contributed by atoms with E-state index in [0.29, 0.717) is 17.5 Å². The van der Waals surface area contributed by atoms with Crippen LogP contribution in [0.15, 0.2) is 156 Å². The van der Waals surface area contributed by atoms with Crippen LogP contribution in [0, 0.1) is 0 Å². The number of hydrogen-bond acceptors (Lipinski definition) is 4. The number of hydrogen-bond donors (Lipinski definition) is 0. The summed E-state index contributed by atoms with van der Waals surface area (Å²) in [5.41, 5.74) is 9.16. The maximum absolute atomic E-state index is 6.33. The molecule has 2 aromatic heterocycles. The molecule has 0 unspecified atom stereocenters. The quantitative estimate of drug-likeness (QED) is 0.214. The smallest absolute Gasteiger partial charge is 0.164 e. The number of fused-ring (bicyclic) bond motifs is 3.